The summed E-state index contributed by atoms with van der Waals surface area (Å²) in [5.41, 5.74) is -0.382. The monoisotopic (exact) mass is 282 g/mol. The van der Waals surface area contributed by atoms with E-state index in [1.54, 1.807) is 6.92 Å². The molecule has 1 aliphatic heterocycles. The van der Waals surface area contributed by atoms with Crippen LogP contribution in [0.2, 0.25) is 0 Å². The molecule has 2 rings (SSSR count). The molecule has 1 aromatic heterocycles. The number of aliphatic hydroxyl groups is 2. The molecule has 0 saturated carbocycles. The van der Waals surface area contributed by atoms with Crippen molar-refractivity contribution < 1.29 is 14.9 Å². The van der Waals surface area contributed by atoms with Crippen molar-refractivity contribution in [1.29, 1.82) is 0 Å². The third kappa shape index (κ3) is 4.06. The molecule has 0 aliphatic carbocycles. The summed E-state index contributed by atoms with van der Waals surface area (Å²) < 4.78 is 6.83. The van der Waals surface area contributed by atoms with Gasteiger partial charge in [-0.1, -0.05) is 5.92 Å². The van der Waals surface area contributed by atoms with Crippen LogP contribution in [0, 0.1) is 19.3 Å². The van der Waals surface area contributed by atoms with E-state index < -0.39 is 5.69 Å². The van der Waals surface area contributed by atoms with E-state index in [1.807, 2.05) is 5.92 Å². The lowest BCUT2D eigenvalue weighted by Crippen LogP contribution is -2.33. The summed E-state index contributed by atoms with van der Waals surface area (Å²) in [5, 5.41) is 16.6. The lowest BCUT2D eigenvalue weighted by atomic mass is 10.2. The van der Waals surface area contributed by atoms with Gasteiger partial charge in [0, 0.05) is 11.8 Å². The number of nitrogens with zero attached hydrogens (tertiary/aromatic N) is 1. The number of ether oxygens (including phenoxy) is 1. The minimum absolute atomic E-state index is 0.0480. The van der Waals surface area contributed by atoms with Gasteiger partial charge in [-0.15, -0.1) is 6.42 Å². The molecule has 2 heterocycles. The summed E-state index contributed by atoms with van der Waals surface area (Å²) in [6, 6.07) is 0. The van der Waals surface area contributed by atoms with Crippen molar-refractivity contribution in [1.82, 2.24) is 9.55 Å². The molecular weight excluding hydrogens is 264 g/mol. The summed E-state index contributed by atoms with van der Waals surface area (Å²) in [6.07, 6.45) is 6.79. The summed E-state index contributed by atoms with van der Waals surface area (Å²) in [4.78, 5) is 24.9. The van der Waals surface area contributed by atoms with Crippen LogP contribution in [0.3, 0.4) is 0 Å². The Labute approximate surface area is 115 Å². The Balaban J connectivity index is 0.000000444. The van der Waals surface area contributed by atoms with Gasteiger partial charge in [-0.25, -0.2) is 4.79 Å². The van der Waals surface area contributed by atoms with Crippen molar-refractivity contribution in [2.75, 3.05) is 13.2 Å². The van der Waals surface area contributed by atoms with Crippen molar-refractivity contribution in [2.45, 2.75) is 32.1 Å². The van der Waals surface area contributed by atoms with Gasteiger partial charge in [-0.3, -0.25) is 14.3 Å². The Morgan fingerprint density at radius 3 is 2.65 bits per heavy atom. The van der Waals surface area contributed by atoms with Gasteiger partial charge in [-0.05, 0) is 19.8 Å². The zero-order valence-corrected chi connectivity index (χ0v) is 11.2. The van der Waals surface area contributed by atoms with Crippen LogP contribution in [0.5, 0.6) is 0 Å². The van der Waals surface area contributed by atoms with Gasteiger partial charge >= 0.3 is 5.69 Å². The second-order valence-corrected chi connectivity index (χ2v) is 4.31. The first-order chi connectivity index (χ1) is 9.53. The molecule has 2 atom stereocenters. The largest absolute Gasteiger partial charge is 0.394 e. The first-order valence-electron chi connectivity index (χ1n) is 6.16. The quantitative estimate of drug-likeness (QED) is 0.611. The number of nitrogens with one attached hydrogen (secondary N) is 1. The van der Waals surface area contributed by atoms with Crippen LogP contribution >= 0.6 is 0 Å². The van der Waals surface area contributed by atoms with Crippen LogP contribution in [0.15, 0.2) is 15.8 Å². The third-order valence-electron chi connectivity index (χ3n) is 2.84. The number of aromatic nitrogens is 2. The fourth-order valence-electron chi connectivity index (χ4n) is 1.83. The van der Waals surface area contributed by atoms with Gasteiger partial charge < -0.3 is 14.9 Å². The van der Waals surface area contributed by atoms with Gasteiger partial charge in [0.1, 0.15) is 12.8 Å². The van der Waals surface area contributed by atoms with Crippen LogP contribution in [0.4, 0.5) is 0 Å². The van der Waals surface area contributed by atoms with E-state index in [9.17, 15) is 9.59 Å². The molecule has 1 aliphatic rings. The number of H-pyrrole nitrogens is 1. The molecule has 7 nitrogen and oxygen atoms in total. The summed E-state index contributed by atoms with van der Waals surface area (Å²) in [7, 11) is 0. The second kappa shape index (κ2) is 7.65. The van der Waals surface area contributed by atoms with Gasteiger partial charge in [0.2, 0.25) is 0 Å². The predicted molar refractivity (Wildman–Crippen MR) is 72.2 cm³/mol. The maximum Gasteiger partial charge on any atom is 0.330 e. The lowest BCUT2D eigenvalue weighted by Gasteiger charge is -2.14. The molecule has 1 aromatic rings. The van der Waals surface area contributed by atoms with Gasteiger partial charge in [0.15, 0.2) is 0 Å². The molecule has 0 aromatic carbocycles. The Morgan fingerprint density at radius 2 is 2.15 bits per heavy atom. The zero-order chi connectivity index (χ0) is 15.1. The third-order valence-corrected chi connectivity index (χ3v) is 2.84. The van der Waals surface area contributed by atoms with Crippen molar-refractivity contribution in [3.05, 3.63) is 32.6 Å². The average Bonchev–Trinajstić information content (AvgIpc) is 2.92. The van der Waals surface area contributed by atoms with Crippen molar-refractivity contribution in [2.24, 2.45) is 0 Å². The fourth-order valence-corrected chi connectivity index (χ4v) is 1.83. The first-order valence-corrected chi connectivity index (χ1v) is 6.16. The minimum Gasteiger partial charge on any atom is -0.394 e. The van der Waals surface area contributed by atoms with E-state index in [4.69, 9.17) is 14.9 Å². The highest BCUT2D eigenvalue weighted by Crippen LogP contribution is 2.26. The van der Waals surface area contributed by atoms with Crippen LogP contribution in [0.25, 0.3) is 0 Å². The first kappa shape index (κ1) is 16.2. The molecule has 7 heteroatoms. The maximum atomic E-state index is 11.5. The Bertz CT molecular complexity index is 584. The molecule has 0 spiro atoms. The molecule has 0 amide bonds. The molecule has 110 valence electrons. The minimum atomic E-state index is -0.473. The highest BCUT2D eigenvalue weighted by atomic mass is 16.5. The summed E-state index contributed by atoms with van der Waals surface area (Å²) >= 11 is 0. The van der Waals surface area contributed by atoms with E-state index in [-0.39, 0.29) is 31.1 Å². The maximum absolute atomic E-state index is 11.5. The molecule has 3 N–H and O–H groups in total. The number of aromatic amines is 1. The number of aryl methyl sites for hydroxylation is 1. The predicted octanol–water partition coefficient (Wildman–Crippen LogP) is -0.873. The number of hydrogen-bond acceptors (Lipinski definition) is 5. The molecule has 1 saturated heterocycles. The van der Waals surface area contributed by atoms with E-state index in [2.05, 4.69) is 11.4 Å². The van der Waals surface area contributed by atoms with Gasteiger partial charge in [-0.2, -0.15) is 0 Å². The topological polar surface area (TPSA) is 105 Å². The number of hydrogen-bond donors (Lipinski definition) is 3. The molecule has 0 bridgehead atoms. The number of rotatable bonds is 2. The van der Waals surface area contributed by atoms with Crippen LogP contribution in [0.1, 0.15) is 24.6 Å². The SMILES string of the molecule is C#CCO.Cc1cn(C2CCC(CO)O2)c(=O)[nH]c1=O. The Morgan fingerprint density at radius 1 is 1.50 bits per heavy atom. The number of terminal acetylenes is 1. The summed E-state index contributed by atoms with van der Waals surface area (Å²) in [5.74, 6) is 1.99. The van der Waals surface area contributed by atoms with Crippen molar-refractivity contribution in [3.63, 3.8) is 0 Å². The van der Waals surface area contributed by atoms with E-state index in [0.717, 1.165) is 0 Å². The molecule has 2 unspecified atom stereocenters. The standard InChI is InChI=1S/C10H14N2O4.C3H4O/c1-6-4-12(10(15)11-9(6)14)8-3-2-7(5-13)16-8;1-2-3-4/h4,7-8,13H,2-3,5H2,1H3,(H,11,14,15);1,4H,3H2. The van der Waals surface area contributed by atoms with Crippen LogP contribution in [-0.4, -0.2) is 39.1 Å². The fraction of sp³-hybridized carbons (Fsp3) is 0.538. The molecule has 20 heavy (non-hydrogen) atoms. The molecular formula is C13H18N2O5. The van der Waals surface area contributed by atoms with Crippen LogP contribution in [-0.2, 0) is 4.74 Å². The smallest absolute Gasteiger partial charge is 0.330 e. The molecule has 0 radical (unpaired) electrons. The molecule has 1 fully saturated rings. The van der Waals surface area contributed by atoms with E-state index in [0.29, 0.717) is 18.4 Å². The average molecular weight is 282 g/mol. The number of aliphatic hydroxyl groups excluding tert-OH is 2. The Kier molecular flexibility index (Phi) is 6.18. The van der Waals surface area contributed by atoms with E-state index >= 15 is 0 Å². The highest BCUT2D eigenvalue weighted by molar-refractivity contribution is 5.01. The Hall–Kier alpha value is -1.88. The summed E-state index contributed by atoms with van der Waals surface area (Å²) in [6.45, 7) is 1.43. The zero-order valence-electron chi connectivity index (χ0n) is 11.2. The normalized spacial score (nSPS) is 20.9. The van der Waals surface area contributed by atoms with Gasteiger partial charge in [0.25, 0.3) is 5.56 Å². The van der Waals surface area contributed by atoms with Crippen molar-refractivity contribution in [3.8, 4) is 12.3 Å². The van der Waals surface area contributed by atoms with Gasteiger partial charge in [0.05, 0.1) is 12.7 Å². The second-order valence-electron chi connectivity index (χ2n) is 4.31. The van der Waals surface area contributed by atoms with Crippen molar-refractivity contribution >= 4 is 0 Å². The lowest BCUT2D eigenvalue weighted by molar-refractivity contribution is -0.0247. The van der Waals surface area contributed by atoms with Crippen LogP contribution < -0.4 is 11.2 Å². The van der Waals surface area contributed by atoms with E-state index in [1.165, 1.54) is 10.8 Å². The highest BCUT2D eigenvalue weighted by Gasteiger charge is 2.26.